The van der Waals surface area contributed by atoms with Gasteiger partial charge in [-0.2, -0.15) is 0 Å². The fourth-order valence-corrected chi connectivity index (χ4v) is 3.52. The second-order valence-corrected chi connectivity index (χ2v) is 11.2. The Morgan fingerprint density at radius 2 is 1.33 bits per heavy atom. The standard InChI is InChI=1S/C27H35NO2/c1-25(2,3)19-14-18(15-20(16-19)26(4,5)6)22-17-28(24(29)30-27(7,8)9)23-13-11-10-12-21(22)23/h10-17H,1-9H3. The van der Waals surface area contributed by atoms with Gasteiger partial charge >= 0.3 is 6.09 Å². The van der Waals surface area contributed by atoms with Crippen LogP contribution < -0.4 is 0 Å². The first kappa shape index (κ1) is 22.1. The van der Waals surface area contributed by atoms with Gasteiger partial charge < -0.3 is 4.74 Å². The third kappa shape index (κ3) is 4.61. The van der Waals surface area contributed by atoms with Crippen molar-refractivity contribution in [3.63, 3.8) is 0 Å². The molecule has 0 aliphatic carbocycles. The van der Waals surface area contributed by atoms with Crippen LogP contribution in [0.5, 0.6) is 0 Å². The Morgan fingerprint density at radius 1 is 0.800 bits per heavy atom. The van der Waals surface area contributed by atoms with Gasteiger partial charge in [0.25, 0.3) is 0 Å². The van der Waals surface area contributed by atoms with Gasteiger partial charge in [-0.25, -0.2) is 4.79 Å². The Bertz CT molecular complexity index is 1050. The molecule has 3 rings (SSSR count). The third-order valence-electron chi connectivity index (χ3n) is 5.28. The second-order valence-electron chi connectivity index (χ2n) is 11.2. The number of nitrogens with zero attached hydrogens (tertiary/aromatic N) is 1. The van der Waals surface area contributed by atoms with Crippen molar-refractivity contribution in [2.45, 2.75) is 78.7 Å². The number of benzene rings is 2. The normalized spacial score (nSPS) is 13.0. The SMILES string of the molecule is CC(C)(C)OC(=O)n1cc(-c2cc(C(C)(C)C)cc(C(C)(C)C)c2)c2ccccc21. The first-order valence-corrected chi connectivity index (χ1v) is 10.7. The Labute approximate surface area is 181 Å². The quantitative estimate of drug-likeness (QED) is 0.415. The van der Waals surface area contributed by atoms with Crippen LogP contribution in [0.3, 0.4) is 0 Å². The minimum absolute atomic E-state index is 0.0273. The second kappa shape index (κ2) is 7.30. The Kier molecular flexibility index (Phi) is 5.39. The summed E-state index contributed by atoms with van der Waals surface area (Å²) in [5, 5.41) is 1.05. The van der Waals surface area contributed by atoms with Gasteiger partial charge in [-0.15, -0.1) is 0 Å². The van der Waals surface area contributed by atoms with Crippen LogP contribution in [-0.2, 0) is 15.6 Å². The molecular weight excluding hydrogens is 370 g/mol. The molecule has 3 aromatic rings. The van der Waals surface area contributed by atoms with Crippen molar-refractivity contribution in [3.8, 4) is 11.1 Å². The minimum Gasteiger partial charge on any atom is -0.443 e. The summed E-state index contributed by atoms with van der Waals surface area (Å²) >= 11 is 0. The molecule has 3 nitrogen and oxygen atoms in total. The highest BCUT2D eigenvalue weighted by Crippen LogP contribution is 2.37. The number of rotatable bonds is 1. The lowest BCUT2D eigenvalue weighted by Gasteiger charge is -2.26. The van der Waals surface area contributed by atoms with E-state index in [1.807, 2.05) is 45.2 Å². The molecule has 30 heavy (non-hydrogen) atoms. The average molecular weight is 406 g/mol. The number of hydrogen-bond donors (Lipinski definition) is 0. The minimum atomic E-state index is -0.547. The van der Waals surface area contributed by atoms with E-state index in [1.165, 1.54) is 11.1 Å². The summed E-state index contributed by atoms with van der Waals surface area (Å²) in [7, 11) is 0. The summed E-state index contributed by atoms with van der Waals surface area (Å²) in [6.07, 6.45) is 1.57. The molecule has 1 heterocycles. The molecule has 1 aromatic heterocycles. The summed E-state index contributed by atoms with van der Waals surface area (Å²) in [6, 6.07) is 14.9. The molecule has 0 fully saturated rings. The summed E-state index contributed by atoms with van der Waals surface area (Å²) in [6.45, 7) is 19.1. The number of ether oxygens (including phenoxy) is 1. The molecule has 160 valence electrons. The van der Waals surface area contributed by atoms with Gasteiger partial charge in [0.2, 0.25) is 0 Å². The monoisotopic (exact) mass is 405 g/mol. The maximum Gasteiger partial charge on any atom is 0.419 e. The van der Waals surface area contributed by atoms with Crippen molar-refractivity contribution in [2.24, 2.45) is 0 Å². The fourth-order valence-electron chi connectivity index (χ4n) is 3.52. The fraction of sp³-hybridized carbons (Fsp3) is 0.444. The molecule has 0 amide bonds. The molecule has 0 radical (unpaired) electrons. The van der Waals surface area contributed by atoms with Gasteiger partial charge in [0.15, 0.2) is 0 Å². The topological polar surface area (TPSA) is 31.2 Å². The smallest absolute Gasteiger partial charge is 0.419 e. The first-order valence-electron chi connectivity index (χ1n) is 10.7. The zero-order valence-electron chi connectivity index (χ0n) is 19.9. The summed E-state index contributed by atoms with van der Waals surface area (Å²) < 4.78 is 7.30. The molecule has 0 spiro atoms. The Hall–Kier alpha value is -2.55. The van der Waals surface area contributed by atoms with Crippen LogP contribution in [0.25, 0.3) is 22.0 Å². The highest BCUT2D eigenvalue weighted by Gasteiger charge is 2.24. The van der Waals surface area contributed by atoms with Crippen LogP contribution in [-0.4, -0.2) is 16.3 Å². The zero-order valence-corrected chi connectivity index (χ0v) is 19.9. The highest BCUT2D eigenvalue weighted by molar-refractivity contribution is 6.00. The molecule has 0 unspecified atom stereocenters. The maximum absolute atomic E-state index is 12.9. The Balaban J connectivity index is 2.26. The molecule has 0 aliphatic rings. The maximum atomic E-state index is 12.9. The van der Waals surface area contributed by atoms with E-state index >= 15 is 0 Å². The van der Waals surface area contributed by atoms with E-state index in [0.717, 1.165) is 22.0 Å². The first-order chi connectivity index (χ1) is 13.7. The van der Waals surface area contributed by atoms with Crippen LogP contribution in [0.1, 0.15) is 73.4 Å². The highest BCUT2D eigenvalue weighted by atomic mass is 16.6. The van der Waals surface area contributed by atoms with Crippen molar-refractivity contribution >= 4 is 17.0 Å². The molecule has 0 saturated heterocycles. The van der Waals surface area contributed by atoms with Gasteiger partial charge in [-0.1, -0.05) is 77.9 Å². The molecule has 0 saturated carbocycles. The summed E-state index contributed by atoms with van der Waals surface area (Å²) in [4.78, 5) is 12.9. The van der Waals surface area contributed by atoms with Gasteiger partial charge in [-0.3, -0.25) is 4.57 Å². The van der Waals surface area contributed by atoms with Crippen molar-refractivity contribution in [1.82, 2.24) is 4.57 Å². The molecule has 0 atom stereocenters. The van der Waals surface area contributed by atoms with Crippen molar-refractivity contribution in [3.05, 3.63) is 59.8 Å². The van der Waals surface area contributed by atoms with E-state index in [9.17, 15) is 4.79 Å². The third-order valence-corrected chi connectivity index (χ3v) is 5.28. The molecule has 3 heteroatoms. The van der Waals surface area contributed by atoms with E-state index in [0.29, 0.717) is 0 Å². The molecule has 2 aromatic carbocycles. The van der Waals surface area contributed by atoms with Crippen LogP contribution in [0, 0.1) is 0 Å². The Morgan fingerprint density at radius 3 is 1.83 bits per heavy atom. The molecule has 0 aliphatic heterocycles. The van der Waals surface area contributed by atoms with Crippen molar-refractivity contribution < 1.29 is 9.53 Å². The predicted molar refractivity (Wildman–Crippen MR) is 126 cm³/mol. The molecule has 0 N–H and O–H groups in total. The number of fused-ring (bicyclic) bond motifs is 1. The van der Waals surface area contributed by atoms with Crippen LogP contribution in [0.4, 0.5) is 4.79 Å². The van der Waals surface area contributed by atoms with E-state index in [-0.39, 0.29) is 16.9 Å². The lowest BCUT2D eigenvalue weighted by Crippen LogP contribution is -2.26. The number of carbonyl (C=O) groups excluding carboxylic acids is 1. The number of para-hydroxylation sites is 1. The summed E-state index contributed by atoms with van der Waals surface area (Å²) in [5.74, 6) is 0. The van der Waals surface area contributed by atoms with E-state index in [1.54, 1.807) is 4.57 Å². The van der Waals surface area contributed by atoms with E-state index in [4.69, 9.17) is 4.74 Å². The van der Waals surface area contributed by atoms with E-state index < -0.39 is 5.60 Å². The van der Waals surface area contributed by atoms with Crippen molar-refractivity contribution in [2.75, 3.05) is 0 Å². The predicted octanol–water partition coefficient (Wildman–Crippen LogP) is 7.69. The zero-order chi connectivity index (χ0) is 22.5. The summed E-state index contributed by atoms with van der Waals surface area (Å²) in [5.41, 5.74) is 5.13. The van der Waals surface area contributed by atoms with Gasteiger partial charge in [0.1, 0.15) is 5.60 Å². The van der Waals surface area contributed by atoms with Crippen LogP contribution in [0.15, 0.2) is 48.7 Å². The van der Waals surface area contributed by atoms with Crippen LogP contribution >= 0.6 is 0 Å². The lowest BCUT2D eigenvalue weighted by atomic mass is 9.79. The van der Waals surface area contributed by atoms with Crippen LogP contribution in [0.2, 0.25) is 0 Å². The number of aromatic nitrogens is 1. The average Bonchev–Trinajstić information content (AvgIpc) is 2.98. The van der Waals surface area contributed by atoms with E-state index in [2.05, 4.69) is 65.8 Å². The number of carbonyl (C=O) groups is 1. The van der Waals surface area contributed by atoms with Gasteiger partial charge in [0.05, 0.1) is 5.52 Å². The largest absolute Gasteiger partial charge is 0.443 e. The lowest BCUT2D eigenvalue weighted by molar-refractivity contribution is 0.0544. The molecule has 0 bridgehead atoms. The van der Waals surface area contributed by atoms with Gasteiger partial charge in [0, 0.05) is 17.1 Å². The number of hydrogen-bond acceptors (Lipinski definition) is 2. The van der Waals surface area contributed by atoms with Gasteiger partial charge in [-0.05, 0) is 54.4 Å². The van der Waals surface area contributed by atoms with Crippen molar-refractivity contribution in [1.29, 1.82) is 0 Å². The molecular formula is C27H35NO2.